The molecule has 3 nitrogen and oxygen atoms in total. The van der Waals surface area contributed by atoms with Crippen molar-refractivity contribution in [1.29, 1.82) is 0 Å². The number of hydrogen-bond acceptors (Lipinski definition) is 2. The van der Waals surface area contributed by atoms with Gasteiger partial charge in [-0.05, 0) is 80.3 Å². The lowest BCUT2D eigenvalue weighted by Crippen LogP contribution is -2.41. The number of carbonyl (C=O) groups is 1. The van der Waals surface area contributed by atoms with Crippen molar-refractivity contribution in [1.82, 2.24) is 10.2 Å². The maximum atomic E-state index is 13.0. The number of amides is 1. The van der Waals surface area contributed by atoms with Crippen molar-refractivity contribution >= 4 is 5.91 Å². The van der Waals surface area contributed by atoms with Gasteiger partial charge in [0, 0.05) is 12.5 Å². The molecule has 0 aromatic heterocycles. The van der Waals surface area contributed by atoms with Crippen molar-refractivity contribution in [2.75, 3.05) is 13.1 Å². The summed E-state index contributed by atoms with van der Waals surface area (Å²) in [5, 5.41) is 3.37. The summed E-state index contributed by atoms with van der Waals surface area (Å²) in [6, 6.07) is 17.6. The Labute approximate surface area is 175 Å². The Hall–Kier alpha value is -2.13. The van der Waals surface area contributed by atoms with Crippen LogP contribution in [0.15, 0.2) is 48.5 Å². The maximum absolute atomic E-state index is 13.0. The molecule has 0 radical (unpaired) electrons. The predicted octanol–water partition coefficient (Wildman–Crippen LogP) is 5.04. The number of aryl methyl sites for hydroxylation is 2. The molecule has 0 spiro atoms. The Kier molecular flexibility index (Phi) is 6.66. The topological polar surface area (TPSA) is 32.3 Å². The lowest BCUT2D eigenvalue weighted by Gasteiger charge is -2.32. The van der Waals surface area contributed by atoms with Crippen LogP contribution in [0.2, 0.25) is 0 Å². The Morgan fingerprint density at radius 2 is 1.76 bits per heavy atom. The Bertz CT molecular complexity index is 809. The fourth-order valence-corrected chi connectivity index (χ4v) is 4.88. The molecule has 1 saturated heterocycles. The summed E-state index contributed by atoms with van der Waals surface area (Å²) in [7, 11) is 0. The van der Waals surface area contributed by atoms with Crippen LogP contribution in [0.25, 0.3) is 0 Å². The molecule has 1 N–H and O–H groups in total. The molecule has 154 valence electrons. The molecule has 1 aliphatic heterocycles. The number of nitrogens with one attached hydrogen (secondary N) is 1. The van der Waals surface area contributed by atoms with Gasteiger partial charge in [-0.1, -0.05) is 55.5 Å². The molecule has 1 aliphatic carbocycles. The summed E-state index contributed by atoms with van der Waals surface area (Å²) >= 11 is 0. The first kappa shape index (κ1) is 20.2. The van der Waals surface area contributed by atoms with Crippen molar-refractivity contribution in [3.05, 3.63) is 70.8 Å². The van der Waals surface area contributed by atoms with Crippen LogP contribution in [0.3, 0.4) is 0 Å². The number of benzene rings is 2. The normalized spacial score (nSPS) is 18.8. The van der Waals surface area contributed by atoms with E-state index in [4.69, 9.17) is 0 Å². The van der Waals surface area contributed by atoms with E-state index < -0.39 is 0 Å². The summed E-state index contributed by atoms with van der Waals surface area (Å²) < 4.78 is 0. The molecule has 0 bridgehead atoms. The molecule has 0 unspecified atom stereocenters. The van der Waals surface area contributed by atoms with E-state index in [1.165, 1.54) is 47.9 Å². The molecule has 1 atom stereocenters. The van der Waals surface area contributed by atoms with E-state index in [-0.39, 0.29) is 17.9 Å². The first-order chi connectivity index (χ1) is 14.2. The van der Waals surface area contributed by atoms with E-state index >= 15 is 0 Å². The second-order valence-corrected chi connectivity index (χ2v) is 8.74. The number of piperidine rings is 1. The van der Waals surface area contributed by atoms with Gasteiger partial charge >= 0.3 is 0 Å². The van der Waals surface area contributed by atoms with Crippen LogP contribution < -0.4 is 5.32 Å². The zero-order valence-corrected chi connectivity index (χ0v) is 17.7. The molecule has 1 amide bonds. The van der Waals surface area contributed by atoms with Crippen molar-refractivity contribution in [3.8, 4) is 0 Å². The van der Waals surface area contributed by atoms with Gasteiger partial charge in [0.25, 0.3) is 0 Å². The molecule has 1 fully saturated rings. The third-order valence-electron chi connectivity index (χ3n) is 6.71. The Morgan fingerprint density at radius 3 is 2.48 bits per heavy atom. The molecule has 1 heterocycles. The zero-order valence-electron chi connectivity index (χ0n) is 17.7. The maximum Gasteiger partial charge on any atom is 0.223 e. The van der Waals surface area contributed by atoms with E-state index in [2.05, 4.69) is 65.7 Å². The van der Waals surface area contributed by atoms with Gasteiger partial charge in [-0.3, -0.25) is 9.69 Å². The van der Waals surface area contributed by atoms with E-state index in [0.717, 1.165) is 38.9 Å². The average molecular weight is 391 g/mol. The molecule has 4 rings (SSSR count). The van der Waals surface area contributed by atoms with E-state index in [9.17, 15) is 4.79 Å². The highest BCUT2D eigenvalue weighted by Crippen LogP contribution is 2.27. The summed E-state index contributed by atoms with van der Waals surface area (Å²) in [4.78, 5) is 15.4. The Balaban J connectivity index is 1.31. The van der Waals surface area contributed by atoms with Gasteiger partial charge in [0.2, 0.25) is 5.91 Å². The van der Waals surface area contributed by atoms with E-state index in [0.29, 0.717) is 0 Å². The van der Waals surface area contributed by atoms with Crippen LogP contribution in [0, 0.1) is 5.92 Å². The van der Waals surface area contributed by atoms with Gasteiger partial charge in [-0.25, -0.2) is 0 Å². The minimum atomic E-state index is 0.136. The first-order valence-corrected chi connectivity index (χ1v) is 11.4. The number of likely N-dealkylation sites (tertiary alicyclic amines) is 1. The first-order valence-electron chi connectivity index (χ1n) is 11.4. The minimum absolute atomic E-state index is 0.136. The van der Waals surface area contributed by atoms with E-state index in [1.807, 2.05) is 0 Å². The van der Waals surface area contributed by atoms with Crippen LogP contribution >= 0.6 is 0 Å². The SMILES string of the molecule is CC[C@@H](NC(=O)C1CCN(Cc2ccccc2)CC1)c1ccc2c(c1)CCCC2. The molecule has 29 heavy (non-hydrogen) atoms. The van der Waals surface area contributed by atoms with Gasteiger partial charge < -0.3 is 5.32 Å². The van der Waals surface area contributed by atoms with Crippen LogP contribution in [0.4, 0.5) is 0 Å². The van der Waals surface area contributed by atoms with Crippen LogP contribution in [0.5, 0.6) is 0 Å². The highest BCUT2D eigenvalue weighted by Gasteiger charge is 2.26. The Morgan fingerprint density at radius 1 is 1.03 bits per heavy atom. The van der Waals surface area contributed by atoms with Gasteiger partial charge in [0.1, 0.15) is 0 Å². The largest absolute Gasteiger partial charge is 0.349 e. The van der Waals surface area contributed by atoms with Crippen LogP contribution in [-0.4, -0.2) is 23.9 Å². The minimum Gasteiger partial charge on any atom is -0.349 e. The molecule has 2 aromatic carbocycles. The van der Waals surface area contributed by atoms with Gasteiger partial charge in [-0.2, -0.15) is 0 Å². The summed E-state index contributed by atoms with van der Waals surface area (Å²) in [5.74, 6) is 0.391. The molecule has 0 saturated carbocycles. The predicted molar refractivity (Wildman–Crippen MR) is 119 cm³/mol. The zero-order chi connectivity index (χ0) is 20.1. The molecular formula is C26H34N2O. The fraction of sp³-hybridized carbons (Fsp3) is 0.500. The summed E-state index contributed by atoms with van der Waals surface area (Å²) in [6.07, 6.45) is 7.86. The van der Waals surface area contributed by atoms with Crippen molar-refractivity contribution < 1.29 is 4.79 Å². The number of nitrogens with zero attached hydrogens (tertiary/aromatic N) is 1. The number of carbonyl (C=O) groups excluding carboxylic acids is 1. The monoisotopic (exact) mass is 390 g/mol. The quantitative estimate of drug-likeness (QED) is 0.749. The lowest BCUT2D eigenvalue weighted by molar-refractivity contribution is -0.127. The van der Waals surface area contributed by atoms with Gasteiger partial charge in [0.15, 0.2) is 0 Å². The summed E-state index contributed by atoms with van der Waals surface area (Å²) in [6.45, 7) is 5.17. The highest BCUT2D eigenvalue weighted by atomic mass is 16.1. The average Bonchev–Trinajstić information content (AvgIpc) is 2.78. The fourth-order valence-electron chi connectivity index (χ4n) is 4.88. The van der Waals surface area contributed by atoms with Crippen molar-refractivity contribution in [3.63, 3.8) is 0 Å². The number of hydrogen-bond donors (Lipinski definition) is 1. The van der Waals surface area contributed by atoms with Crippen LogP contribution in [0.1, 0.15) is 67.3 Å². The standard InChI is InChI=1S/C26H34N2O/c1-2-25(24-13-12-21-10-6-7-11-23(21)18-24)27-26(29)22-14-16-28(17-15-22)19-20-8-4-3-5-9-20/h3-5,8-9,12-13,18,22,25H,2,6-7,10-11,14-17,19H2,1H3,(H,27,29)/t25-/m1/s1. The van der Waals surface area contributed by atoms with Gasteiger partial charge in [0.05, 0.1) is 6.04 Å². The van der Waals surface area contributed by atoms with Crippen molar-refractivity contribution in [2.24, 2.45) is 5.92 Å². The smallest absolute Gasteiger partial charge is 0.223 e. The van der Waals surface area contributed by atoms with Crippen LogP contribution in [-0.2, 0) is 24.2 Å². The molecule has 2 aliphatic rings. The molecular weight excluding hydrogens is 356 g/mol. The second-order valence-electron chi connectivity index (χ2n) is 8.74. The molecule has 3 heteroatoms. The molecule has 2 aromatic rings. The highest BCUT2D eigenvalue weighted by molar-refractivity contribution is 5.79. The van der Waals surface area contributed by atoms with Crippen molar-refractivity contribution in [2.45, 2.75) is 64.5 Å². The third kappa shape index (κ3) is 5.08. The lowest BCUT2D eigenvalue weighted by atomic mass is 9.88. The number of fused-ring (bicyclic) bond motifs is 1. The number of rotatable bonds is 6. The third-order valence-corrected chi connectivity index (χ3v) is 6.71. The summed E-state index contributed by atoms with van der Waals surface area (Å²) in [5.41, 5.74) is 5.64. The van der Waals surface area contributed by atoms with Gasteiger partial charge in [-0.15, -0.1) is 0 Å². The van der Waals surface area contributed by atoms with E-state index in [1.54, 1.807) is 0 Å². The second kappa shape index (κ2) is 9.58.